The van der Waals surface area contributed by atoms with Crippen LogP contribution in [0.25, 0.3) is 0 Å². The number of aromatic nitrogens is 5. The first-order valence-electron chi connectivity index (χ1n) is 7.69. The highest BCUT2D eigenvalue weighted by atomic mass is 16.5. The van der Waals surface area contributed by atoms with Gasteiger partial charge in [-0.05, 0) is 12.5 Å². The highest BCUT2D eigenvalue weighted by Gasteiger charge is 2.62. The predicted molar refractivity (Wildman–Crippen MR) is 84.3 cm³/mol. The van der Waals surface area contributed by atoms with Crippen molar-refractivity contribution in [1.82, 2.24) is 24.9 Å². The van der Waals surface area contributed by atoms with Gasteiger partial charge < -0.3 is 14.5 Å². The number of hydrogen-bond acceptors (Lipinski definition) is 8. The minimum atomic E-state index is -0.109. The molecule has 2 unspecified atom stereocenters. The Labute approximate surface area is 134 Å². The average Bonchev–Trinajstić information content (AvgIpc) is 3.29. The lowest BCUT2D eigenvalue weighted by molar-refractivity contribution is 0.158. The maximum Gasteiger partial charge on any atom is 0.228 e. The van der Waals surface area contributed by atoms with Crippen LogP contribution in [0.2, 0.25) is 0 Å². The molecule has 0 bridgehead atoms. The van der Waals surface area contributed by atoms with Crippen molar-refractivity contribution in [2.24, 2.45) is 0 Å². The Bertz CT molecular complexity index is 680. The second-order valence-corrected chi connectivity index (χ2v) is 6.10. The van der Waals surface area contributed by atoms with Gasteiger partial charge in [-0.2, -0.15) is 0 Å². The maximum atomic E-state index is 5.63. The highest BCUT2D eigenvalue weighted by molar-refractivity contribution is 5.48. The molecule has 2 atom stereocenters. The van der Waals surface area contributed by atoms with Crippen LogP contribution in [-0.4, -0.2) is 63.3 Å². The van der Waals surface area contributed by atoms with Gasteiger partial charge in [0.05, 0.1) is 11.6 Å². The van der Waals surface area contributed by atoms with Gasteiger partial charge in [-0.25, -0.2) is 24.9 Å². The van der Waals surface area contributed by atoms with Crippen molar-refractivity contribution in [1.29, 1.82) is 0 Å². The molecular weight excluding hydrogens is 294 g/mol. The second kappa shape index (κ2) is 5.38. The Morgan fingerprint density at radius 1 is 1.09 bits per heavy atom. The molecular formula is C15H19N7O. The molecule has 2 aliphatic rings. The number of nitrogens with zero attached hydrogens (tertiary/aromatic N) is 7. The van der Waals surface area contributed by atoms with Crippen LogP contribution >= 0.6 is 0 Å². The van der Waals surface area contributed by atoms with Gasteiger partial charge in [0.2, 0.25) is 11.9 Å². The minimum Gasteiger partial charge on any atom is -0.379 e. The standard InChI is InChI=1S/C15H19N7O/c1-11-6-17-13(18-7-11)21-3-4-22(14-19-9-16-10-20-14)15(8-21)5-12(15)23-2/h6-7,9-10,12H,3-5,8H2,1-2H3. The summed E-state index contributed by atoms with van der Waals surface area (Å²) in [5.74, 6) is 1.48. The van der Waals surface area contributed by atoms with Crippen molar-refractivity contribution in [2.45, 2.75) is 25.0 Å². The lowest BCUT2D eigenvalue weighted by Crippen LogP contribution is -2.58. The fourth-order valence-electron chi connectivity index (χ4n) is 3.34. The van der Waals surface area contributed by atoms with Crippen LogP contribution < -0.4 is 9.80 Å². The van der Waals surface area contributed by atoms with E-state index in [1.165, 1.54) is 12.7 Å². The third-order valence-electron chi connectivity index (χ3n) is 4.63. The molecule has 1 aliphatic carbocycles. The molecule has 2 fully saturated rings. The summed E-state index contributed by atoms with van der Waals surface area (Å²) < 4.78 is 5.63. The van der Waals surface area contributed by atoms with Crippen LogP contribution in [0.1, 0.15) is 12.0 Å². The smallest absolute Gasteiger partial charge is 0.228 e. The van der Waals surface area contributed by atoms with Gasteiger partial charge in [0.25, 0.3) is 0 Å². The summed E-state index contributed by atoms with van der Waals surface area (Å²) in [6.45, 7) is 4.43. The molecule has 1 saturated heterocycles. The summed E-state index contributed by atoms with van der Waals surface area (Å²) in [4.78, 5) is 25.9. The summed E-state index contributed by atoms with van der Waals surface area (Å²) in [6.07, 6.45) is 7.91. The van der Waals surface area contributed by atoms with Gasteiger partial charge in [0.1, 0.15) is 12.7 Å². The van der Waals surface area contributed by atoms with Crippen molar-refractivity contribution in [3.63, 3.8) is 0 Å². The number of rotatable bonds is 3. The molecule has 0 radical (unpaired) electrons. The zero-order valence-corrected chi connectivity index (χ0v) is 13.3. The van der Waals surface area contributed by atoms with Gasteiger partial charge in [-0.1, -0.05) is 0 Å². The molecule has 120 valence electrons. The monoisotopic (exact) mass is 313 g/mol. The first kappa shape index (κ1) is 14.3. The van der Waals surface area contributed by atoms with E-state index in [0.29, 0.717) is 5.95 Å². The third-order valence-corrected chi connectivity index (χ3v) is 4.63. The number of anilines is 2. The molecule has 1 spiro atoms. The molecule has 2 aromatic rings. The Morgan fingerprint density at radius 2 is 1.83 bits per heavy atom. The van der Waals surface area contributed by atoms with E-state index in [0.717, 1.165) is 37.6 Å². The van der Waals surface area contributed by atoms with E-state index >= 15 is 0 Å². The topological polar surface area (TPSA) is 80.2 Å². The van der Waals surface area contributed by atoms with Crippen molar-refractivity contribution in [2.75, 3.05) is 36.5 Å². The molecule has 0 aromatic carbocycles. The van der Waals surface area contributed by atoms with Crippen molar-refractivity contribution in [3.05, 3.63) is 30.6 Å². The number of hydrogen-bond donors (Lipinski definition) is 0. The van der Waals surface area contributed by atoms with Crippen LogP contribution in [0, 0.1) is 6.92 Å². The SMILES string of the molecule is COC1CC12CN(c1ncc(C)cn1)CCN2c1ncncn1. The molecule has 23 heavy (non-hydrogen) atoms. The Kier molecular flexibility index (Phi) is 3.33. The van der Waals surface area contributed by atoms with Gasteiger partial charge >= 0.3 is 0 Å². The predicted octanol–water partition coefficient (Wildman–Crippen LogP) is 0.454. The van der Waals surface area contributed by atoms with Gasteiger partial charge in [0.15, 0.2) is 0 Å². The van der Waals surface area contributed by atoms with E-state index in [1.807, 2.05) is 19.3 Å². The zero-order chi connectivity index (χ0) is 15.9. The molecule has 0 amide bonds. The number of ether oxygens (including phenoxy) is 1. The van der Waals surface area contributed by atoms with E-state index in [1.54, 1.807) is 7.11 Å². The fraction of sp³-hybridized carbons (Fsp3) is 0.533. The number of methoxy groups -OCH3 is 1. The normalized spacial score (nSPS) is 26.6. The van der Waals surface area contributed by atoms with Crippen molar-refractivity contribution in [3.8, 4) is 0 Å². The molecule has 3 heterocycles. The number of aryl methyl sites for hydroxylation is 1. The molecule has 1 aliphatic heterocycles. The quantitative estimate of drug-likeness (QED) is 0.808. The van der Waals surface area contributed by atoms with Gasteiger partial charge in [-0.3, -0.25) is 0 Å². The van der Waals surface area contributed by atoms with Crippen LogP contribution in [-0.2, 0) is 4.74 Å². The summed E-state index contributed by atoms with van der Waals surface area (Å²) in [5, 5.41) is 0. The summed E-state index contributed by atoms with van der Waals surface area (Å²) in [7, 11) is 1.76. The first-order chi connectivity index (χ1) is 11.2. The van der Waals surface area contributed by atoms with Crippen LogP contribution in [0.15, 0.2) is 25.0 Å². The molecule has 4 rings (SSSR count). The minimum absolute atomic E-state index is 0.109. The van der Waals surface area contributed by atoms with E-state index in [2.05, 4.69) is 34.7 Å². The number of piperazine rings is 1. The van der Waals surface area contributed by atoms with Gasteiger partial charge in [0, 0.05) is 45.6 Å². The Morgan fingerprint density at radius 3 is 2.48 bits per heavy atom. The Balaban J connectivity index is 1.61. The first-order valence-corrected chi connectivity index (χ1v) is 7.69. The van der Waals surface area contributed by atoms with Crippen LogP contribution in [0.4, 0.5) is 11.9 Å². The van der Waals surface area contributed by atoms with E-state index in [9.17, 15) is 0 Å². The van der Waals surface area contributed by atoms with E-state index < -0.39 is 0 Å². The highest BCUT2D eigenvalue weighted by Crippen LogP contribution is 2.47. The summed E-state index contributed by atoms with van der Waals surface area (Å²) in [6, 6.07) is 0. The molecule has 8 heteroatoms. The fourth-order valence-corrected chi connectivity index (χ4v) is 3.34. The average molecular weight is 313 g/mol. The molecule has 1 saturated carbocycles. The zero-order valence-electron chi connectivity index (χ0n) is 13.3. The van der Waals surface area contributed by atoms with Crippen molar-refractivity contribution < 1.29 is 4.74 Å². The van der Waals surface area contributed by atoms with E-state index in [-0.39, 0.29) is 11.6 Å². The Hall–Kier alpha value is -2.35. The maximum absolute atomic E-state index is 5.63. The second-order valence-electron chi connectivity index (χ2n) is 6.10. The van der Waals surface area contributed by atoms with E-state index in [4.69, 9.17) is 4.74 Å². The van der Waals surface area contributed by atoms with Crippen molar-refractivity contribution >= 4 is 11.9 Å². The van der Waals surface area contributed by atoms with Crippen LogP contribution in [0.5, 0.6) is 0 Å². The third kappa shape index (κ3) is 2.39. The lowest BCUT2D eigenvalue weighted by atomic mass is 10.1. The lowest BCUT2D eigenvalue weighted by Gasteiger charge is -2.42. The van der Waals surface area contributed by atoms with Crippen LogP contribution in [0.3, 0.4) is 0 Å². The summed E-state index contributed by atoms with van der Waals surface area (Å²) in [5.41, 5.74) is 0.955. The molecule has 2 aromatic heterocycles. The largest absolute Gasteiger partial charge is 0.379 e. The molecule has 8 nitrogen and oxygen atoms in total. The summed E-state index contributed by atoms with van der Waals surface area (Å²) >= 11 is 0. The molecule has 0 N–H and O–H groups in total. The van der Waals surface area contributed by atoms with Gasteiger partial charge in [-0.15, -0.1) is 0 Å².